The van der Waals surface area contributed by atoms with E-state index in [0.717, 1.165) is 10.9 Å². The van der Waals surface area contributed by atoms with Gasteiger partial charge in [0.25, 0.3) is 0 Å². The van der Waals surface area contributed by atoms with Crippen molar-refractivity contribution in [3.05, 3.63) is 65.9 Å². The van der Waals surface area contributed by atoms with Crippen molar-refractivity contribution < 1.29 is 39.3 Å². The summed E-state index contributed by atoms with van der Waals surface area (Å²) in [7, 11) is 0. The highest BCUT2D eigenvalue weighted by Gasteiger charge is 2.30. The molecule has 4 atom stereocenters. The molecular formula is C27H31N5O8. The van der Waals surface area contributed by atoms with E-state index in [1.54, 1.807) is 30.5 Å². The van der Waals surface area contributed by atoms with Crippen molar-refractivity contribution in [1.82, 2.24) is 20.9 Å². The highest BCUT2D eigenvalue weighted by atomic mass is 16.4. The molecule has 40 heavy (non-hydrogen) atoms. The van der Waals surface area contributed by atoms with E-state index in [1.165, 1.54) is 19.1 Å². The van der Waals surface area contributed by atoms with Gasteiger partial charge in [-0.3, -0.25) is 19.2 Å². The summed E-state index contributed by atoms with van der Waals surface area (Å²) in [6.45, 7) is 1.39. The number of H-pyrrole nitrogens is 1. The van der Waals surface area contributed by atoms with Crippen molar-refractivity contribution in [3.63, 3.8) is 0 Å². The van der Waals surface area contributed by atoms with Crippen LogP contribution in [0.4, 0.5) is 0 Å². The van der Waals surface area contributed by atoms with Crippen LogP contribution in [0.1, 0.15) is 24.5 Å². The molecule has 9 N–H and O–H groups in total. The lowest BCUT2D eigenvalue weighted by atomic mass is 10.0. The number of fused-ring (bicyclic) bond motifs is 1. The van der Waals surface area contributed by atoms with Gasteiger partial charge in [0.15, 0.2) is 0 Å². The van der Waals surface area contributed by atoms with Crippen molar-refractivity contribution >= 4 is 40.6 Å². The first-order valence-corrected chi connectivity index (χ1v) is 12.4. The number of phenols is 1. The van der Waals surface area contributed by atoms with Crippen molar-refractivity contribution in [2.45, 2.75) is 50.4 Å². The number of rotatable bonds is 13. The van der Waals surface area contributed by atoms with Gasteiger partial charge in [0.05, 0.1) is 12.5 Å². The molecule has 0 radical (unpaired) electrons. The van der Waals surface area contributed by atoms with Gasteiger partial charge < -0.3 is 42.0 Å². The normalized spacial score (nSPS) is 13.9. The fourth-order valence-corrected chi connectivity index (χ4v) is 4.04. The van der Waals surface area contributed by atoms with E-state index in [-0.39, 0.29) is 18.6 Å². The second kappa shape index (κ2) is 13.2. The van der Waals surface area contributed by atoms with Crippen LogP contribution in [0.2, 0.25) is 0 Å². The van der Waals surface area contributed by atoms with Gasteiger partial charge in [-0.15, -0.1) is 0 Å². The predicted octanol–water partition coefficient (Wildman–Crippen LogP) is 0.0196. The van der Waals surface area contributed by atoms with Crippen LogP contribution < -0.4 is 21.7 Å². The first kappa shape index (κ1) is 29.6. The Bertz CT molecular complexity index is 1390. The lowest BCUT2D eigenvalue weighted by Gasteiger charge is -2.23. The number of hydrogen-bond acceptors (Lipinski definition) is 7. The van der Waals surface area contributed by atoms with Crippen LogP contribution in [0.3, 0.4) is 0 Å². The minimum absolute atomic E-state index is 0.0535. The number of aromatic nitrogens is 1. The Morgan fingerprint density at radius 3 is 2.15 bits per heavy atom. The molecule has 0 aliphatic heterocycles. The molecule has 1 heterocycles. The zero-order valence-corrected chi connectivity index (χ0v) is 21.6. The van der Waals surface area contributed by atoms with Crippen molar-refractivity contribution in [2.75, 3.05) is 0 Å². The average Bonchev–Trinajstić information content (AvgIpc) is 3.31. The van der Waals surface area contributed by atoms with Crippen LogP contribution in [0.25, 0.3) is 10.9 Å². The van der Waals surface area contributed by atoms with Crippen molar-refractivity contribution in [1.29, 1.82) is 0 Å². The summed E-state index contributed by atoms with van der Waals surface area (Å²) in [6.07, 6.45) is 0.880. The zero-order chi connectivity index (χ0) is 29.4. The van der Waals surface area contributed by atoms with E-state index < -0.39 is 60.2 Å². The Morgan fingerprint density at radius 2 is 1.50 bits per heavy atom. The third kappa shape index (κ3) is 8.04. The van der Waals surface area contributed by atoms with E-state index in [4.69, 9.17) is 10.8 Å². The Balaban J connectivity index is 1.72. The number of carbonyl (C=O) groups excluding carboxylic acids is 3. The van der Waals surface area contributed by atoms with Gasteiger partial charge in [-0.1, -0.05) is 30.3 Å². The van der Waals surface area contributed by atoms with Crippen LogP contribution in [0.5, 0.6) is 5.75 Å². The van der Waals surface area contributed by atoms with Crippen molar-refractivity contribution in [2.24, 2.45) is 5.73 Å². The topological polar surface area (TPSA) is 224 Å². The van der Waals surface area contributed by atoms with E-state index in [1.807, 2.05) is 12.1 Å². The summed E-state index contributed by atoms with van der Waals surface area (Å²) in [5.74, 6) is -5.18. The number of amides is 3. The number of aromatic amines is 1. The SMILES string of the molecule is CC(NC(=O)C(N)Cc1ccc(O)cc1)C(=O)NC(Cc1c[nH]c2ccccc12)C(=O)NC(CC(=O)O)C(=O)O. The second-order valence-electron chi connectivity index (χ2n) is 9.33. The molecule has 3 rings (SSSR count). The number of carbonyl (C=O) groups is 5. The molecule has 212 valence electrons. The average molecular weight is 554 g/mol. The highest BCUT2D eigenvalue weighted by Crippen LogP contribution is 2.19. The number of hydrogen-bond donors (Lipinski definition) is 8. The van der Waals surface area contributed by atoms with Crippen LogP contribution >= 0.6 is 0 Å². The summed E-state index contributed by atoms with van der Waals surface area (Å²) in [4.78, 5) is 64.3. The quantitative estimate of drug-likeness (QED) is 0.143. The van der Waals surface area contributed by atoms with Crippen LogP contribution in [0.15, 0.2) is 54.7 Å². The van der Waals surface area contributed by atoms with Gasteiger partial charge in [0, 0.05) is 23.5 Å². The largest absolute Gasteiger partial charge is 0.508 e. The number of nitrogens with one attached hydrogen (secondary N) is 4. The number of nitrogens with two attached hydrogens (primary N) is 1. The maximum Gasteiger partial charge on any atom is 0.326 e. The number of para-hydroxylation sites is 1. The number of carboxylic acids is 2. The van der Waals surface area contributed by atoms with Gasteiger partial charge in [-0.25, -0.2) is 4.79 Å². The summed E-state index contributed by atoms with van der Waals surface area (Å²) < 4.78 is 0. The van der Waals surface area contributed by atoms with Gasteiger partial charge >= 0.3 is 11.9 Å². The number of phenolic OH excluding ortho intramolecular Hbond substituents is 1. The fraction of sp³-hybridized carbons (Fsp3) is 0.296. The standard InChI is InChI=1S/C27H31N5O8/c1-14(30-25(37)19(28)10-15-6-8-17(33)9-7-15)24(36)31-21(26(38)32-22(27(39)40)12-23(34)35)11-16-13-29-20-5-3-2-4-18(16)20/h2-9,13-14,19,21-22,29,33H,10-12,28H2,1H3,(H,30,37)(H,31,36)(H,32,38)(H,34,35)(H,39,40). The molecule has 13 heteroatoms. The Labute approximate surface area is 228 Å². The maximum absolute atomic E-state index is 13.1. The Morgan fingerprint density at radius 1 is 0.850 bits per heavy atom. The highest BCUT2D eigenvalue weighted by molar-refractivity contribution is 5.95. The summed E-state index contributed by atoms with van der Waals surface area (Å²) in [5, 5.41) is 35.7. The molecule has 1 aromatic heterocycles. The smallest absolute Gasteiger partial charge is 0.326 e. The molecule has 3 amide bonds. The van der Waals surface area contributed by atoms with E-state index in [9.17, 15) is 34.2 Å². The molecule has 0 saturated heterocycles. The maximum atomic E-state index is 13.1. The minimum atomic E-state index is -1.72. The van der Waals surface area contributed by atoms with Crippen LogP contribution in [-0.4, -0.2) is 74.1 Å². The fourth-order valence-electron chi connectivity index (χ4n) is 4.04. The first-order valence-electron chi connectivity index (χ1n) is 12.4. The molecule has 0 aliphatic rings. The Kier molecular flexibility index (Phi) is 9.81. The van der Waals surface area contributed by atoms with Crippen LogP contribution in [-0.2, 0) is 36.8 Å². The second-order valence-corrected chi connectivity index (χ2v) is 9.33. The third-order valence-electron chi connectivity index (χ3n) is 6.21. The molecule has 0 fully saturated rings. The van der Waals surface area contributed by atoms with Gasteiger partial charge in [-0.2, -0.15) is 0 Å². The number of benzene rings is 2. The molecule has 3 aromatic rings. The monoisotopic (exact) mass is 553 g/mol. The third-order valence-corrected chi connectivity index (χ3v) is 6.21. The van der Waals surface area contributed by atoms with Gasteiger partial charge in [0.1, 0.15) is 23.9 Å². The van der Waals surface area contributed by atoms with E-state index in [2.05, 4.69) is 20.9 Å². The van der Waals surface area contributed by atoms with Crippen LogP contribution in [0, 0.1) is 0 Å². The summed E-state index contributed by atoms with van der Waals surface area (Å²) in [5.41, 5.74) is 8.10. The molecule has 2 aromatic carbocycles. The number of aromatic hydroxyl groups is 1. The molecular weight excluding hydrogens is 522 g/mol. The molecule has 0 spiro atoms. The molecule has 0 saturated carbocycles. The zero-order valence-electron chi connectivity index (χ0n) is 21.6. The number of carboxylic acid groups (broad SMARTS) is 2. The Hall–Kier alpha value is -4.91. The molecule has 0 aliphatic carbocycles. The lowest BCUT2D eigenvalue weighted by Crippen LogP contribution is -2.57. The summed E-state index contributed by atoms with van der Waals surface area (Å²) in [6, 6.07) is 8.23. The van der Waals surface area contributed by atoms with Gasteiger partial charge in [0.2, 0.25) is 17.7 Å². The summed E-state index contributed by atoms with van der Waals surface area (Å²) >= 11 is 0. The minimum Gasteiger partial charge on any atom is -0.508 e. The van der Waals surface area contributed by atoms with Gasteiger partial charge in [-0.05, 0) is 42.7 Å². The number of aliphatic carboxylic acids is 2. The molecule has 0 bridgehead atoms. The van der Waals surface area contributed by atoms with E-state index in [0.29, 0.717) is 11.1 Å². The molecule has 13 nitrogen and oxygen atoms in total. The lowest BCUT2D eigenvalue weighted by molar-refractivity contribution is -0.147. The van der Waals surface area contributed by atoms with E-state index >= 15 is 0 Å². The first-order chi connectivity index (χ1) is 18.9. The molecule has 4 unspecified atom stereocenters. The van der Waals surface area contributed by atoms with Crippen molar-refractivity contribution in [3.8, 4) is 5.75 Å². The predicted molar refractivity (Wildman–Crippen MR) is 143 cm³/mol.